The molecule has 2 heterocycles. The summed E-state index contributed by atoms with van der Waals surface area (Å²) in [5, 5.41) is 8.43. The van der Waals surface area contributed by atoms with E-state index in [9.17, 15) is 0 Å². The molecule has 0 spiro atoms. The third-order valence-corrected chi connectivity index (χ3v) is 2.66. The summed E-state index contributed by atoms with van der Waals surface area (Å²) in [5.41, 5.74) is 1.63. The number of imidazole rings is 1. The molecule has 2 aromatic heterocycles. The minimum Gasteiger partial charge on any atom is -0.331 e. The summed E-state index contributed by atoms with van der Waals surface area (Å²) in [6.07, 6.45) is 5.80. The van der Waals surface area contributed by atoms with Gasteiger partial charge >= 0.3 is 0 Å². The normalized spacial score (nSPS) is 10.4. The fourth-order valence-electron chi connectivity index (χ4n) is 1.56. The van der Waals surface area contributed by atoms with E-state index in [2.05, 4.69) is 21.0 Å². The van der Waals surface area contributed by atoms with Gasteiger partial charge in [-0.05, 0) is 12.8 Å². The molecule has 2 aromatic rings. The highest BCUT2D eigenvalue weighted by atomic mass is 32.1. The lowest BCUT2D eigenvalue weighted by Gasteiger charge is -2.01. The van der Waals surface area contributed by atoms with E-state index in [-0.39, 0.29) is 0 Å². The third kappa shape index (κ3) is 2.09. The zero-order valence-electron chi connectivity index (χ0n) is 8.68. The molecule has 1 N–H and O–H groups in total. The molecule has 0 saturated carbocycles. The first-order chi connectivity index (χ1) is 7.83. The van der Waals surface area contributed by atoms with Gasteiger partial charge in [0.05, 0.1) is 18.7 Å². The Labute approximate surface area is 97.8 Å². The Morgan fingerprint density at radius 1 is 1.44 bits per heavy atom. The van der Waals surface area contributed by atoms with Gasteiger partial charge in [-0.15, -0.1) is 0 Å². The monoisotopic (exact) mass is 233 g/mol. The van der Waals surface area contributed by atoms with Crippen molar-refractivity contribution >= 4 is 23.4 Å². The van der Waals surface area contributed by atoms with Crippen LogP contribution in [0.1, 0.15) is 19.3 Å². The summed E-state index contributed by atoms with van der Waals surface area (Å²) in [6, 6.07) is 2.13. The molecule has 0 unspecified atom stereocenters. The lowest BCUT2D eigenvalue weighted by atomic mass is 10.2. The largest absolute Gasteiger partial charge is 0.331 e. The van der Waals surface area contributed by atoms with Gasteiger partial charge in [0.2, 0.25) is 0 Å². The second kappa shape index (κ2) is 4.86. The Morgan fingerprint density at radius 3 is 3.12 bits per heavy atom. The van der Waals surface area contributed by atoms with E-state index in [1.165, 1.54) is 0 Å². The average molecular weight is 233 g/mol. The van der Waals surface area contributed by atoms with E-state index in [0.29, 0.717) is 11.1 Å². The Morgan fingerprint density at radius 2 is 2.31 bits per heavy atom. The van der Waals surface area contributed by atoms with Crippen molar-refractivity contribution in [1.29, 1.82) is 5.26 Å². The molecule has 0 aliphatic rings. The predicted octanol–water partition coefficient (Wildman–Crippen LogP) is 2.18. The minimum atomic E-state index is 0.518. The van der Waals surface area contributed by atoms with E-state index >= 15 is 0 Å². The molecule has 0 bridgehead atoms. The number of aromatic amines is 1. The highest BCUT2D eigenvalue weighted by Crippen LogP contribution is 2.10. The lowest BCUT2D eigenvalue weighted by molar-refractivity contribution is 0.625. The molecule has 16 heavy (non-hydrogen) atoms. The number of unbranched alkanes of at least 4 members (excludes halogenated alkanes) is 2. The van der Waals surface area contributed by atoms with E-state index in [4.69, 9.17) is 17.5 Å². The molecule has 0 amide bonds. The molecule has 5 nitrogen and oxygen atoms in total. The first-order valence-electron chi connectivity index (χ1n) is 5.08. The summed E-state index contributed by atoms with van der Waals surface area (Å²) < 4.78 is 2.52. The van der Waals surface area contributed by atoms with E-state index < -0.39 is 0 Å². The van der Waals surface area contributed by atoms with Gasteiger partial charge in [-0.25, -0.2) is 9.97 Å². The van der Waals surface area contributed by atoms with Crippen molar-refractivity contribution < 1.29 is 0 Å². The number of nitriles is 1. The molecule has 0 aromatic carbocycles. The molecule has 6 heteroatoms. The summed E-state index contributed by atoms with van der Waals surface area (Å²) in [5.74, 6) is 0. The van der Waals surface area contributed by atoms with Gasteiger partial charge in [0.15, 0.2) is 4.64 Å². The van der Waals surface area contributed by atoms with Crippen molar-refractivity contribution in [3.8, 4) is 6.07 Å². The van der Waals surface area contributed by atoms with Crippen molar-refractivity contribution in [2.75, 3.05) is 0 Å². The SMILES string of the molecule is N#CCCCCn1cnc2c(=S)nc[nH]c21. The maximum Gasteiger partial charge on any atom is 0.157 e. The summed E-state index contributed by atoms with van der Waals surface area (Å²) >= 11 is 5.07. The Balaban J connectivity index is 2.17. The minimum absolute atomic E-state index is 0.518. The molecule has 0 aliphatic carbocycles. The number of aryl methyl sites for hydroxylation is 1. The van der Waals surface area contributed by atoms with Crippen LogP contribution in [0.15, 0.2) is 12.7 Å². The zero-order valence-corrected chi connectivity index (χ0v) is 9.50. The topological polar surface area (TPSA) is 70.3 Å². The maximum atomic E-state index is 8.43. The molecule has 0 fully saturated rings. The van der Waals surface area contributed by atoms with Gasteiger partial charge < -0.3 is 9.55 Å². The standard InChI is InChI=1S/C10H11N5S/c11-4-2-1-3-5-15-7-14-8-9(15)12-6-13-10(8)16/h6-7H,1-3,5H2,(H,12,13,16). The number of aromatic nitrogens is 4. The van der Waals surface area contributed by atoms with Crippen LogP contribution in [0.2, 0.25) is 0 Å². The van der Waals surface area contributed by atoms with Crippen molar-refractivity contribution in [3.63, 3.8) is 0 Å². The van der Waals surface area contributed by atoms with Crippen LogP contribution in [0.5, 0.6) is 0 Å². The van der Waals surface area contributed by atoms with Crippen molar-refractivity contribution in [3.05, 3.63) is 17.3 Å². The zero-order chi connectivity index (χ0) is 11.4. The first kappa shape index (κ1) is 10.8. The average Bonchev–Trinajstić information content (AvgIpc) is 2.70. The van der Waals surface area contributed by atoms with E-state index in [1.54, 1.807) is 12.7 Å². The quantitative estimate of drug-likeness (QED) is 0.649. The Bertz CT molecular complexity index is 577. The van der Waals surface area contributed by atoms with Crippen LogP contribution in [0.4, 0.5) is 0 Å². The van der Waals surface area contributed by atoms with Gasteiger partial charge in [0.1, 0.15) is 11.2 Å². The highest BCUT2D eigenvalue weighted by Gasteiger charge is 2.03. The van der Waals surface area contributed by atoms with Gasteiger partial charge in [-0.1, -0.05) is 12.2 Å². The molecule has 0 saturated heterocycles. The fraction of sp³-hybridized carbons (Fsp3) is 0.400. The maximum absolute atomic E-state index is 8.43. The number of nitrogens with one attached hydrogen (secondary N) is 1. The van der Waals surface area contributed by atoms with Crippen LogP contribution in [0, 0.1) is 16.0 Å². The molecule has 0 atom stereocenters. The van der Waals surface area contributed by atoms with Gasteiger partial charge in [0, 0.05) is 13.0 Å². The van der Waals surface area contributed by atoms with Crippen LogP contribution in [-0.4, -0.2) is 19.5 Å². The summed E-state index contributed by atoms with van der Waals surface area (Å²) in [7, 11) is 0. The Kier molecular flexibility index (Phi) is 3.27. The molecule has 2 rings (SSSR count). The first-order valence-corrected chi connectivity index (χ1v) is 5.49. The summed E-state index contributed by atoms with van der Waals surface area (Å²) in [4.78, 5) is 11.2. The second-order valence-electron chi connectivity index (χ2n) is 3.46. The van der Waals surface area contributed by atoms with Gasteiger partial charge in [-0.2, -0.15) is 5.26 Å². The van der Waals surface area contributed by atoms with Crippen LogP contribution >= 0.6 is 12.2 Å². The smallest absolute Gasteiger partial charge is 0.157 e. The van der Waals surface area contributed by atoms with Gasteiger partial charge in [-0.3, -0.25) is 0 Å². The molecular formula is C10H11N5S. The number of H-pyrrole nitrogens is 1. The summed E-state index contributed by atoms with van der Waals surface area (Å²) in [6.45, 7) is 0.841. The van der Waals surface area contributed by atoms with Crippen LogP contribution in [0.3, 0.4) is 0 Å². The Hall–Kier alpha value is -1.74. The predicted molar refractivity (Wildman–Crippen MR) is 62.2 cm³/mol. The van der Waals surface area contributed by atoms with Crippen molar-refractivity contribution in [1.82, 2.24) is 19.5 Å². The molecule has 82 valence electrons. The van der Waals surface area contributed by atoms with Crippen molar-refractivity contribution in [2.24, 2.45) is 0 Å². The number of hydrogen-bond donors (Lipinski definition) is 1. The third-order valence-electron chi connectivity index (χ3n) is 2.36. The molecular weight excluding hydrogens is 222 g/mol. The number of nitrogens with zero attached hydrogens (tertiary/aromatic N) is 4. The number of hydrogen-bond acceptors (Lipinski definition) is 4. The lowest BCUT2D eigenvalue weighted by Crippen LogP contribution is -1.97. The van der Waals surface area contributed by atoms with E-state index in [1.807, 2.05) is 4.57 Å². The molecule has 0 aliphatic heterocycles. The van der Waals surface area contributed by atoms with E-state index in [0.717, 1.165) is 30.6 Å². The van der Waals surface area contributed by atoms with Gasteiger partial charge in [0.25, 0.3) is 0 Å². The van der Waals surface area contributed by atoms with Crippen LogP contribution in [0.25, 0.3) is 11.2 Å². The fourth-order valence-corrected chi connectivity index (χ4v) is 1.76. The van der Waals surface area contributed by atoms with Crippen LogP contribution in [-0.2, 0) is 6.54 Å². The van der Waals surface area contributed by atoms with Crippen molar-refractivity contribution in [2.45, 2.75) is 25.8 Å². The van der Waals surface area contributed by atoms with Crippen LogP contribution < -0.4 is 0 Å². The number of rotatable bonds is 4. The molecule has 0 radical (unpaired) electrons. The number of fused-ring (bicyclic) bond motifs is 1. The highest BCUT2D eigenvalue weighted by molar-refractivity contribution is 7.71. The second-order valence-corrected chi connectivity index (χ2v) is 3.84.